The minimum Gasteiger partial charge on any atom is -0.478 e. The number of anilines is 1. The van der Waals surface area contributed by atoms with Gasteiger partial charge < -0.3 is 15.3 Å². The second kappa shape index (κ2) is 7.14. The van der Waals surface area contributed by atoms with Gasteiger partial charge >= 0.3 is 5.97 Å². The van der Waals surface area contributed by atoms with Gasteiger partial charge in [-0.15, -0.1) is 0 Å². The molecule has 0 aliphatic heterocycles. The van der Waals surface area contributed by atoms with Crippen LogP contribution in [0.4, 0.5) is 5.69 Å². The molecule has 1 aromatic carbocycles. The summed E-state index contributed by atoms with van der Waals surface area (Å²) in [4.78, 5) is 13.3. The number of nitrogens with zero attached hydrogens (tertiary/aromatic N) is 1. The van der Waals surface area contributed by atoms with Gasteiger partial charge in [-0.3, -0.25) is 0 Å². The first-order valence-corrected chi connectivity index (χ1v) is 6.63. The molecule has 4 nitrogen and oxygen atoms in total. The molecule has 0 amide bonds. The van der Waals surface area contributed by atoms with Gasteiger partial charge in [-0.2, -0.15) is 0 Å². The van der Waals surface area contributed by atoms with Crippen molar-refractivity contribution in [1.82, 2.24) is 4.90 Å². The topological polar surface area (TPSA) is 52.6 Å². The lowest BCUT2D eigenvalue weighted by molar-refractivity contribution is 0.0698. The van der Waals surface area contributed by atoms with E-state index in [1.807, 2.05) is 26.2 Å². The molecule has 19 heavy (non-hydrogen) atoms. The Kier molecular flexibility index (Phi) is 5.83. The van der Waals surface area contributed by atoms with Crippen LogP contribution in [0.15, 0.2) is 24.3 Å². The summed E-state index contributed by atoms with van der Waals surface area (Å²) in [6.07, 6.45) is 1.01. The minimum absolute atomic E-state index is 0.246. The summed E-state index contributed by atoms with van der Waals surface area (Å²) >= 11 is 0. The highest BCUT2D eigenvalue weighted by Crippen LogP contribution is 2.18. The standard InChI is InChI=1S/C15H24N2O2/c1-11(2)9-12(10-17(3)4)16-14-8-6-5-7-13(14)15(18)19/h5-8,11-12,16H,9-10H2,1-4H3,(H,18,19). The first-order chi connectivity index (χ1) is 8.90. The van der Waals surface area contributed by atoms with Crippen LogP contribution in [0.5, 0.6) is 0 Å². The summed E-state index contributed by atoms with van der Waals surface area (Å²) in [5.41, 5.74) is 1.03. The molecule has 0 radical (unpaired) electrons. The van der Waals surface area contributed by atoms with Crippen molar-refractivity contribution in [2.24, 2.45) is 5.92 Å². The lowest BCUT2D eigenvalue weighted by atomic mass is 10.0. The van der Waals surface area contributed by atoms with Gasteiger partial charge in [-0.05, 0) is 38.6 Å². The second-order valence-electron chi connectivity index (χ2n) is 5.58. The number of likely N-dealkylation sites (N-methyl/N-ethyl adjacent to an activating group) is 1. The van der Waals surface area contributed by atoms with Crippen LogP contribution in [0.25, 0.3) is 0 Å². The number of carboxylic acid groups (broad SMARTS) is 1. The zero-order valence-corrected chi connectivity index (χ0v) is 12.2. The number of hydrogen-bond acceptors (Lipinski definition) is 3. The molecule has 0 aliphatic rings. The van der Waals surface area contributed by atoms with Gasteiger partial charge in [0, 0.05) is 18.3 Å². The fraction of sp³-hybridized carbons (Fsp3) is 0.533. The van der Waals surface area contributed by atoms with Crippen LogP contribution in [0.3, 0.4) is 0 Å². The maximum Gasteiger partial charge on any atom is 0.337 e. The molecule has 1 rings (SSSR count). The van der Waals surface area contributed by atoms with E-state index in [1.54, 1.807) is 12.1 Å². The summed E-state index contributed by atoms with van der Waals surface area (Å²) < 4.78 is 0. The summed E-state index contributed by atoms with van der Waals surface area (Å²) in [6.45, 7) is 5.23. The quantitative estimate of drug-likeness (QED) is 0.795. The van der Waals surface area contributed by atoms with Gasteiger partial charge in [0.15, 0.2) is 0 Å². The fourth-order valence-corrected chi connectivity index (χ4v) is 2.20. The Hall–Kier alpha value is -1.55. The monoisotopic (exact) mass is 264 g/mol. The average molecular weight is 264 g/mol. The van der Waals surface area contributed by atoms with Gasteiger partial charge in [-0.25, -0.2) is 4.79 Å². The highest BCUT2D eigenvalue weighted by atomic mass is 16.4. The summed E-state index contributed by atoms with van der Waals surface area (Å²) in [5, 5.41) is 12.6. The van der Waals surface area contributed by atoms with Crippen molar-refractivity contribution < 1.29 is 9.90 Å². The molecule has 0 saturated carbocycles. The Morgan fingerprint density at radius 2 is 1.95 bits per heavy atom. The van der Waals surface area contributed by atoms with Crippen LogP contribution in [0.1, 0.15) is 30.6 Å². The predicted octanol–water partition coefficient (Wildman–Crippen LogP) is 2.77. The zero-order chi connectivity index (χ0) is 14.4. The van der Waals surface area contributed by atoms with Crippen LogP contribution in [-0.4, -0.2) is 42.7 Å². The molecule has 0 spiro atoms. The SMILES string of the molecule is CC(C)CC(CN(C)C)Nc1ccccc1C(=O)O. The molecule has 2 N–H and O–H groups in total. The first-order valence-electron chi connectivity index (χ1n) is 6.63. The molecule has 106 valence electrons. The summed E-state index contributed by atoms with van der Waals surface area (Å²) in [6, 6.07) is 7.31. The highest BCUT2D eigenvalue weighted by Gasteiger charge is 2.15. The smallest absolute Gasteiger partial charge is 0.337 e. The Morgan fingerprint density at radius 3 is 2.47 bits per heavy atom. The van der Waals surface area contributed by atoms with Crippen molar-refractivity contribution in [2.75, 3.05) is 26.0 Å². The van der Waals surface area contributed by atoms with E-state index in [0.717, 1.165) is 13.0 Å². The van der Waals surface area contributed by atoms with E-state index < -0.39 is 5.97 Å². The van der Waals surface area contributed by atoms with Crippen molar-refractivity contribution in [1.29, 1.82) is 0 Å². The lowest BCUT2D eigenvalue weighted by Crippen LogP contribution is -2.34. The molecule has 0 fully saturated rings. The number of carboxylic acids is 1. The highest BCUT2D eigenvalue weighted by molar-refractivity contribution is 5.94. The third-order valence-corrected chi connectivity index (χ3v) is 2.86. The molecule has 0 aliphatic carbocycles. The Balaban J connectivity index is 2.86. The number of nitrogens with one attached hydrogen (secondary N) is 1. The molecule has 0 heterocycles. The van der Waals surface area contributed by atoms with Crippen molar-refractivity contribution in [2.45, 2.75) is 26.3 Å². The van der Waals surface area contributed by atoms with E-state index in [-0.39, 0.29) is 6.04 Å². The maximum atomic E-state index is 11.2. The van der Waals surface area contributed by atoms with Gasteiger partial charge in [0.25, 0.3) is 0 Å². The van der Waals surface area contributed by atoms with Gasteiger partial charge in [-0.1, -0.05) is 26.0 Å². The minimum atomic E-state index is -0.892. The maximum absolute atomic E-state index is 11.2. The van der Waals surface area contributed by atoms with E-state index in [4.69, 9.17) is 0 Å². The Labute approximate surface area is 115 Å². The van der Waals surface area contributed by atoms with E-state index in [2.05, 4.69) is 24.1 Å². The molecule has 1 aromatic rings. The van der Waals surface area contributed by atoms with Gasteiger partial charge in [0.1, 0.15) is 0 Å². The largest absolute Gasteiger partial charge is 0.478 e. The van der Waals surface area contributed by atoms with Crippen molar-refractivity contribution >= 4 is 11.7 Å². The van der Waals surface area contributed by atoms with E-state index in [1.165, 1.54) is 0 Å². The molecular weight excluding hydrogens is 240 g/mol. The van der Waals surface area contributed by atoms with Crippen molar-refractivity contribution in [3.63, 3.8) is 0 Å². The third kappa shape index (κ3) is 5.30. The number of carbonyl (C=O) groups is 1. The van der Waals surface area contributed by atoms with Crippen LogP contribution >= 0.6 is 0 Å². The molecular formula is C15H24N2O2. The number of benzene rings is 1. The van der Waals surface area contributed by atoms with E-state index in [9.17, 15) is 9.90 Å². The van der Waals surface area contributed by atoms with Crippen molar-refractivity contribution in [3.8, 4) is 0 Å². The van der Waals surface area contributed by atoms with E-state index >= 15 is 0 Å². The molecule has 0 saturated heterocycles. The average Bonchev–Trinajstić information content (AvgIpc) is 2.27. The first kappa shape index (κ1) is 15.5. The molecule has 0 aromatic heterocycles. The summed E-state index contributed by atoms with van der Waals surface area (Å²) in [7, 11) is 4.05. The molecule has 1 unspecified atom stereocenters. The third-order valence-electron chi connectivity index (χ3n) is 2.86. The van der Waals surface area contributed by atoms with Crippen LogP contribution in [0, 0.1) is 5.92 Å². The van der Waals surface area contributed by atoms with Gasteiger partial charge in [0.2, 0.25) is 0 Å². The van der Waals surface area contributed by atoms with Gasteiger partial charge in [0.05, 0.1) is 5.56 Å². The second-order valence-corrected chi connectivity index (χ2v) is 5.58. The Morgan fingerprint density at radius 1 is 1.32 bits per heavy atom. The Bertz CT molecular complexity index is 406. The van der Waals surface area contributed by atoms with Crippen LogP contribution in [-0.2, 0) is 0 Å². The molecule has 4 heteroatoms. The fourth-order valence-electron chi connectivity index (χ4n) is 2.20. The van der Waals surface area contributed by atoms with Crippen LogP contribution < -0.4 is 5.32 Å². The lowest BCUT2D eigenvalue weighted by Gasteiger charge is -2.25. The van der Waals surface area contributed by atoms with Crippen molar-refractivity contribution in [3.05, 3.63) is 29.8 Å². The number of para-hydroxylation sites is 1. The summed E-state index contributed by atoms with van der Waals surface area (Å²) in [5.74, 6) is -0.328. The van der Waals surface area contributed by atoms with Crippen LogP contribution in [0.2, 0.25) is 0 Å². The number of rotatable bonds is 7. The zero-order valence-electron chi connectivity index (χ0n) is 12.2. The predicted molar refractivity (Wildman–Crippen MR) is 78.8 cm³/mol. The molecule has 0 bridgehead atoms. The van der Waals surface area contributed by atoms with E-state index in [0.29, 0.717) is 17.2 Å². The normalized spacial score (nSPS) is 12.7. The molecule has 1 atom stereocenters. The number of hydrogen-bond donors (Lipinski definition) is 2. The number of aromatic carboxylic acids is 1.